The molecule has 0 aromatic carbocycles. The first kappa shape index (κ1) is 13.2. The van der Waals surface area contributed by atoms with Crippen molar-refractivity contribution in [3.63, 3.8) is 0 Å². The van der Waals surface area contributed by atoms with Crippen molar-refractivity contribution in [1.29, 1.82) is 0 Å². The highest BCUT2D eigenvalue weighted by Crippen LogP contribution is 1.90. The van der Waals surface area contributed by atoms with E-state index in [4.69, 9.17) is 18.0 Å². The van der Waals surface area contributed by atoms with Crippen LogP contribution in [0.1, 0.15) is 13.8 Å². The number of hydrogen-bond acceptors (Lipinski definition) is 1. The summed E-state index contributed by atoms with van der Waals surface area (Å²) < 4.78 is 0. The molecule has 0 amide bonds. The number of rotatable bonds is 1. The lowest BCUT2D eigenvalue weighted by molar-refractivity contribution is 0.266. The van der Waals surface area contributed by atoms with Crippen LogP contribution < -0.4 is 0 Å². The van der Waals surface area contributed by atoms with Gasteiger partial charge in [-0.2, -0.15) is 0 Å². The van der Waals surface area contributed by atoms with Gasteiger partial charge in [-0.25, -0.2) is 0 Å². The standard InChI is InChI=1S/C5H8O.C4H5Br/c1-3-5(2)4-6;1-3-4(2)5/h1,5-6H,4H2,2H3;1,4H,2H3. The number of hydrogen-bond donors (Lipinski definition) is 1. The topological polar surface area (TPSA) is 20.2 Å². The van der Waals surface area contributed by atoms with Crippen LogP contribution in [-0.4, -0.2) is 16.5 Å². The molecule has 0 bridgehead atoms. The van der Waals surface area contributed by atoms with E-state index in [-0.39, 0.29) is 17.4 Å². The fourth-order valence-electron chi connectivity index (χ4n) is 0.0527. The minimum absolute atomic E-state index is 0.0185. The van der Waals surface area contributed by atoms with Gasteiger partial charge in [0.1, 0.15) is 0 Å². The van der Waals surface area contributed by atoms with Gasteiger partial charge in [0, 0.05) is 5.92 Å². The Balaban J connectivity index is 0. The molecular formula is C9H13BrO. The average Bonchev–Trinajstić information content (AvgIpc) is 2.04. The SMILES string of the molecule is C#CC(C)Br.C#CC(C)CO. The zero-order valence-corrected chi connectivity index (χ0v) is 8.43. The Labute approximate surface area is 77.3 Å². The number of aliphatic hydroxyl groups excluding tert-OH is 1. The predicted molar refractivity (Wildman–Crippen MR) is 52.3 cm³/mol. The second-order valence-electron chi connectivity index (χ2n) is 2.03. The number of aliphatic hydroxyl groups is 1. The van der Waals surface area contributed by atoms with Gasteiger partial charge in [0.2, 0.25) is 0 Å². The summed E-state index contributed by atoms with van der Waals surface area (Å²) in [6, 6.07) is 0. The third-order valence-corrected chi connectivity index (χ3v) is 1.05. The normalized spacial score (nSPS) is 12.9. The summed E-state index contributed by atoms with van der Waals surface area (Å²) in [5.74, 6) is 4.83. The van der Waals surface area contributed by atoms with E-state index in [1.165, 1.54) is 0 Å². The van der Waals surface area contributed by atoms with Gasteiger partial charge in [0.25, 0.3) is 0 Å². The average molecular weight is 217 g/mol. The first-order valence-electron chi connectivity index (χ1n) is 3.25. The highest BCUT2D eigenvalue weighted by molar-refractivity contribution is 9.09. The molecule has 62 valence electrons. The molecule has 0 aliphatic heterocycles. The Morgan fingerprint density at radius 2 is 1.73 bits per heavy atom. The molecule has 2 unspecified atom stereocenters. The lowest BCUT2D eigenvalue weighted by Crippen LogP contribution is -1.94. The van der Waals surface area contributed by atoms with Crippen LogP contribution in [0.4, 0.5) is 0 Å². The van der Waals surface area contributed by atoms with Crippen LogP contribution in [0.3, 0.4) is 0 Å². The van der Waals surface area contributed by atoms with Crippen LogP contribution in [-0.2, 0) is 0 Å². The van der Waals surface area contributed by atoms with Gasteiger partial charge < -0.3 is 5.11 Å². The van der Waals surface area contributed by atoms with E-state index in [9.17, 15) is 0 Å². The maximum Gasteiger partial charge on any atom is 0.0724 e. The van der Waals surface area contributed by atoms with Gasteiger partial charge in [-0.15, -0.1) is 18.8 Å². The Bertz CT molecular complexity index is 150. The summed E-state index contributed by atoms with van der Waals surface area (Å²) in [4.78, 5) is 0.225. The molecule has 1 nitrogen and oxygen atoms in total. The van der Waals surface area contributed by atoms with Gasteiger partial charge >= 0.3 is 0 Å². The summed E-state index contributed by atoms with van der Waals surface area (Å²) >= 11 is 3.14. The Hall–Kier alpha value is -0.440. The van der Waals surface area contributed by atoms with Crippen molar-refractivity contribution >= 4 is 15.9 Å². The van der Waals surface area contributed by atoms with Crippen molar-refractivity contribution in [1.82, 2.24) is 0 Å². The van der Waals surface area contributed by atoms with E-state index in [0.29, 0.717) is 0 Å². The maximum absolute atomic E-state index is 8.19. The summed E-state index contributed by atoms with van der Waals surface area (Å²) in [7, 11) is 0. The highest BCUT2D eigenvalue weighted by atomic mass is 79.9. The van der Waals surface area contributed by atoms with Crippen LogP contribution in [0.15, 0.2) is 0 Å². The fraction of sp³-hybridized carbons (Fsp3) is 0.556. The molecule has 0 spiro atoms. The van der Waals surface area contributed by atoms with E-state index in [2.05, 4.69) is 27.8 Å². The minimum Gasteiger partial charge on any atom is -0.395 e. The molecule has 0 rings (SSSR count). The van der Waals surface area contributed by atoms with Crippen molar-refractivity contribution in [2.24, 2.45) is 5.92 Å². The monoisotopic (exact) mass is 216 g/mol. The molecule has 0 saturated carbocycles. The second-order valence-corrected chi connectivity index (χ2v) is 3.41. The van der Waals surface area contributed by atoms with Crippen LogP contribution in [0.5, 0.6) is 0 Å². The molecule has 11 heavy (non-hydrogen) atoms. The first-order chi connectivity index (χ1) is 5.08. The molecule has 2 heteroatoms. The largest absolute Gasteiger partial charge is 0.395 e. The molecular weight excluding hydrogens is 204 g/mol. The fourth-order valence-corrected chi connectivity index (χ4v) is 0.0527. The zero-order chi connectivity index (χ0) is 9.28. The third-order valence-electron chi connectivity index (χ3n) is 0.788. The Kier molecular flexibility index (Phi) is 11.4. The van der Waals surface area contributed by atoms with Crippen molar-refractivity contribution in [3.05, 3.63) is 0 Å². The van der Waals surface area contributed by atoms with Crippen LogP contribution in [0, 0.1) is 30.6 Å². The van der Waals surface area contributed by atoms with Gasteiger partial charge in [-0.3, -0.25) is 0 Å². The molecule has 1 N–H and O–H groups in total. The van der Waals surface area contributed by atoms with Crippen LogP contribution >= 0.6 is 15.9 Å². The molecule has 0 saturated heterocycles. The Morgan fingerprint density at radius 3 is 1.73 bits per heavy atom. The minimum atomic E-state index is 0.0185. The predicted octanol–water partition coefficient (Wildman–Crippen LogP) is 1.65. The van der Waals surface area contributed by atoms with Crippen LogP contribution in [0.25, 0.3) is 0 Å². The van der Waals surface area contributed by atoms with Gasteiger partial charge in [-0.05, 0) is 13.8 Å². The summed E-state index contributed by atoms with van der Waals surface area (Å²) in [5.41, 5.74) is 0. The molecule has 0 heterocycles. The van der Waals surface area contributed by atoms with Crippen molar-refractivity contribution in [2.75, 3.05) is 6.61 Å². The second kappa shape index (κ2) is 9.56. The number of halogens is 1. The van der Waals surface area contributed by atoms with E-state index >= 15 is 0 Å². The number of terminal acetylenes is 2. The molecule has 2 atom stereocenters. The van der Waals surface area contributed by atoms with Gasteiger partial charge in [0.15, 0.2) is 0 Å². The lowest BCUT2D eigenvalue weighted by Gasteiger charge is -1.90. The highest BCUT2D eigenvalue weighted by Gasteiger charge is 1.86. The summed E-state index contributed by atoms with van der Waals surface area (Å²) in [5, 5.41) is 8.19. The quantitative estimate of drug-likeness (QED) is 0.523. The van der Waals surface area contributed by atoms with Crippen LogP contribution in [0.2, 0.25) is 0 Å². The Morgan fingerprint density at radius 1 is 1.36 bits per heavy atom. The summed E-state index contributed by atoms with van der Waals surface area (Å²) in [6.45, 7) is 3.79. The number of alkyl halides is 1. The van der Waals surface area contributed by atoms with Gasteiger partial charge in [0.05, 0.1) is 11.4 Å². The lowest BCUT2D eigenvalue weighted by atomic mass is 10.2. The zero-order valence-electron chi connectivity index (χ0n) is 6.84. The van der Waals surface area contributed by atoms with E-state index in [1.54, 1.807) is 6.92 Å². The first-order valence-corrected chi connectivity index (χ1v) is 4.17. The molecule has 0 aromatic rings. The molecule has 0 radical (unpaired) electrons. The molecule has 0 aromatic heterocycles. The van der Waals surface area contributed by atoms with E-state index in [0.717, 1.165) is 0 Å². The molecule has 0 fully saturated rings. The van der Waals surface area contributed by atoms with E-state index < -0.39 is 0 Å². The van der Waals surface area contributed by atoms with Crippen molar-refractivity contribution < 1.29 is 5.11 Å². The smallest absolute Gasteiger partial charge is 0.0724 e. The van der Waals surface area contributed by atoms with E-state index in [1.807, 2.05) is 6.92 Å². The third kappa shape index (κ3) is 17.7. The molecule has 0 aliphatic rings. The van der Waals surface area contributed by atoms with Crippen molar-refractivity contribution in [2.45, 2.75) is 18.7 Å². The maximum atomic E-state index is 8.19. The van der Waals surface area contributed by atoms with Gasteiger partial charge in [-0.1, -0.05) is 21.9 Å². The van der Waals surface area contributed by atoms with Crippen molar-refractivity contribution in [3.8, 4) is 24.7 Å². The molecule has 0 aliphatic carbocycles. The summed E-state index contributed by atoms with van der Waals surface area (Å²) in [6.07, 6.45) is 9.75.